The second kappa shape index (κ2) is 7.66. The van der Waals surface area contributed by atoms with Crippen LogP contribution in [-0.2, 0) is 6.54 Å². The second-order valence-electron chi connectivity index (χ2n) is 4.80. The van der Waals surface area contributed by atoms with Crippen LogP contribution in [0.25, 0.3) is 0 Å². The lowest BCUT2D eigenvalue weighted by Crippen LogP contribution is -2.28. The molecule has 0 aliphatic rings. The first-order valence-corrected chi connectivity index (χ1v) is 7.36. The standard InChI is InChI=1S/C17H20N2O2S/c1-12-6-4-5-7-13(12)11-18-17(22)19-14-8-9-15(20-2)16(10-14)21-3/h4-10H,11H2,1-3H3,(H2,18,19,22). The number of nitrogens with one attached hydrogen (secondary N) is 2. The Kier molecular flexibility index (Phi) is 5.61. The normalized spacial score (nSPS) is 9.95. The molecule has 2 N–H and O–H groups in total. The highest BCUT2D eigenvalue weighted by Gasteiger charge is 2.06. The molecule has 2 rings (SSSR count). The lowest BCUT2D eigenvalue weighted by atomic mass is 10.1. The molecule has 0 atom stereocenters. The summed E-state index contributed by atoms with van der Waals surface area (Å²) in [6.07, 6.45) is 0. The minimum absolute atomic E-state index is 0.565. The number of aryl methyl sites for hydroxylation is 1. The number of anilines is 1. The van der Waals surface area contributed by atoms with E-state index in [-0.39, 0.29) is 0 Å². The Balaban J connectivity index is 1.96. The first-order chi connectivity index (χ1) is 10.6. The van der Waals surface area contributed by atoms with Crippen molar-refractivity contribution in [2.75, 3.05) is 19.5 Å². The number of thiocarbonyl (C=S) groups is 1. The van der Waals surface area contributed by atoms with Crippen molar-refractivity contribution in [3.8, 4) is 11.5 Å². The van der Waals surface area contributed by atoms with Crippen LogP contribution in [0.3, 0.4) is 0 Å². The van der Waals surface area contributed by atoms with Crippen molar-refractivity contribution in [3.63, 3.8) is 0 Å². The number of ether oxygens (including phenoxy) is 2. The highest BCUT2D eigenvalue weighted by molar-refractivity contribution is 7.80. The van der Waals surface area contributed by atoms with Crippen molar-refractivity contribution < 1.29 is 9.47 Å². The van der Waals surface area contributed by atoms with E-state index >= 15 is 0 Å². The molecule has 0 saturated heterocycles. The Morgan fingerprint density at radius 2 is 1.77 bits per heavy atom. The Bertz CT molecular complexity index is 659. The number of benzene rings is 2. The zero-order chi connectivity index (χ0) is 15.9. The molecule has 5 heteroatoms. The maximum atomic E-state index is 5.32. The lowest BCUT2D eigenvalue weighted by Gasteiger charge is -2.14. The summed E-state index contributed by atoms with van der Waals surface area (Å²) in [4.78, 5) is 0. The Morgan fingerprint density at radius 3 is 2.45 bits per heavy atom. The van der Waals surface area contributed by atoms with Crippen molar-refractivity contribution in [2.24, 2.45) is 0 Å². The largest absolute Gasteiger partial charge is 0.493 e. The van der Waals surface area contributed by atoms with Gasteiger partial charge in [-0.15, -0.1) is 0 Å². The van der Waals surface area contributed by atoms with Crippen molar-refractivity contribution in [3.05, 3.63) is 53.6 Å². The molecular formula is C17H20N2O2S. The molecule has 0 radical (unpaired) electrons. The average molecular weight is 316 g/mol. The first-order valence-electron chi connectivity index (χ1n) is 6.95. The van der Waals surface area contributed by atoms with Gasteiger partial charge in [-0.25, -0.2) is 0 Å². The minimum Gasteiger partial charge on any atom is -0.493 e. The number of methoxy groups -OCH3 is 2. The topological polar surface area (TPSA) is 42.5 Å². The summed E-state index contributed by atoms with van der Waals surface area (Å²) in [5, 5.41) is 6.91. The smallest absolute Gasteiger partial charge is 0.171 e. The van der Waals surface area contributed by atoms with Crippen LogP contribution in [0.15, 0.2) is 42.5 Å². The lowest BCUT2D eigenvalue weighted by molar-refractivity contribution is 0.355. The Hall–Kier alpha value is -2.27. The van der Waals surface area contributed by atoms with Crippen molar-refractivity contribution in [2.45, 2.75) is 13.5 Å². The molecule has 22 heavy (non-hydrogen) atoms. The van der Waals surface area contributed by atoms with E-state index in [9.17, 15) is 0 Å². The van der Waals surface area contributed by atoms with Crippen LogP contribution in [0.5, 0.6) is 11.5 Å². The minimum atomic E-state index is 0.565. The third kappa shape index (κ3) is 4.11. The van der Waals surface area contributed by atoms with Gasteiger partial charge in [0, 0.05) is 18.3 Å². The zero-order valence-electron chi connectivity index (χ0n) is 13.0. The molecule has 0 amide bonds. The predicted molar refractivity (Wildman–Crippen MR) is 93.8 cm³/mol. The van der Waals surface area contributed by atoms with Crippen LogP contribution in [0, 0.1) is 6.92 Å². The van der Waals surface area contributed by atoms with Gasteiger partial charge >= 0.3 is 0 Å². The number of rotatable bonds is 5. The van der Waals surface area contributed by atoms with Crippen LogP contribution in [0.2, 0.25) is 0 Å². The van der Waals surface area contributed by atoms with Gasteiger partial charge in [0.05, 0.1) is 14.2 Å². The molecule has 0 fully saturated rings. The SMILES string of the molecule is COc1ccc(NC(=S)NCc2ccccc2C)cc1OC. The molecule has 0 spiro atoms. The molecule has 0 aliphatic heterocycles. The van der Waals surface area contributed by atoms with Crippen LogP contribution in [-0.4, -0.2) is 19.3 Å². The maximum absolute atomic E-state index is 5.32. The molecule has 0 saturated carbocycles. The Labute approximate surface area is 136 Å². The summed E-state index contributed by atoms with van der Waals surface area (Å²) in [6.45, 7) is 2.77. The summed E-state index contributed by atoms with van der Waals surface area (Å²) < 4.78 is 10.5. The van der Waals surface area contributed by atoms with Gasteiger partial charge < -0.3 is 20.1 Å². The van der Waals surface area contributed by atoms with E-state index in [2.05, 4.69) is 29.7 Å². The van der Waals surface area contributed by atoms with Gasteiger partial charge in [-0.1, -0.05) is 24.3 Å². The van der Waals surface area contributed by atoms with Gasteiger partial charge in [-0.3, -0.25) is 0 Å². The molecule has 0 aromatic heterocycles. The number of hydrogen-bond donors (Lipinski definition) is 2. The van der Waals surface area contributed by atoms with Gasteiger partial charge in [0.15, 0.2) is 16.6 Å². The van der Waals surface area contributed by atoms with Gasteiger partial charge in [0.2, 0.25) is 0 Å². The highest BCUT2D eigenvalue weighted by Crippen LogP contribution is 2.29. The first kappa shape index (κ1) is 16.1. The van der Waals surface area contributed by atoms with E-state index in [4.69, 9.17) is 21.7 Å². The third-order valence-corrected chi connectivity index (χ3v) is 3.59. The summed E-state index contributed by atoms with van der Waals surface area (Å²) in [5.74, 6) is 1.35. The molecule has 0 bridgehead atoms. The van der Waals surface area contributed by atoms with Crippen molar-refractivity contribution in [1.29, 1.82) is 0 Å². The van der Waals surface area contributed by atoms with E-state index in [1.54, 1.807) is 14.2 Å². The molecule has 116 valence electrons. The molecule has 0 heterocycles. The molecule has 2 aromatic carbocycles. The fourth-order valence-corrected chi connectivity index (χ4v) is 2.26. The summed E-state index contributed by atoms with van der Waals surface area (Å²) in [7, 11) is 3.22. The number of hydrogen-bond acceptors (Lipinski definition) is 3. The molecule has 0 aliphatic carbocycles. The molecule has 0 unspecified atom stereocenters. The monoisotopic (exact) mass is 316 g/mol. The summed E-state index contributed by atoms with van der Waals surface area (Å²) in [5.41, 5.74) is 3.31. The predicted octanol–water partition coefficient (Wildman–Crippen LogP) is 3.50. The second-order valence-corrected chi connectivity index (χ2v) is 5.21. The van der Waals surface area contributed by atoms with E-state index < -0.39 is 0 Å². The van der Waals surface area contributed by atoms with E-state index in [0.29, 0.717) is 23.2 Å². The maximum Gasteiger partial charge on any atom is 0.171 e. The van der Waals surface area contributed by atoms with Crippen LogP contribution in [0.1, 0.15) is 11.1 Å². The van der Waals surface area contributed by atoms with Crippen molar-refractivity contribution >= 4 is 23.0 Å². The summed E-state index contributed by atoms with van der Waals surface area (Å²) in [6, 6.07) is 13.8. The fourth-order valence-electron chi connectivity index (χ4n) is 2.07. The van der Waals surface area contributed by atoms with Gasteiger partial charge in [-0.2, -0.15) is 0 Å². The van der Waals surface area contributed by atoms with Gasteiger partial charge in [-0.05, 0) is 42.4 Å². The molecule has 2 aromatic rings. The average Bonchev–Trinajstić information content (AvgIpc) is 2.54. The highest BCUT2D eigenvalue weighted by atomic mass is 32.1. The Morgan fingerprint density at radius 1 is 1.05 bits per heavy atom. The van der Waals surface area contributed by atoms with E-state index in [1.807, 2.05) is 30.3 Å². The zero-order valence-corrected chi connectivity index (χ0v) is 13.8. The third-order valence-electron chi connectivity index (χ3n) is 3.34. The van der Waals surface area contributed by atoms with Crippen LogP contribution >= 0.6 is 12.2 Å². The summed E-state index contributed by atoms with van der Waals surface area (Å²) >= 11 is 5.32. The fraction of sp³-hybridized carbons (Fsp3) is 0.235. The molecule has 4 nitrogen and oxygen atoms in total. The van der Waals surface area contributed by atoms with Gasteiger partial charge in [0.25, 0.3) is 0 Å². The van der Waals surface area contributed by atoms with E-state index in [0.717, 1.165) is 5.69 Å². The van der Waals surface area contributed by atoms with Crippen LogP contribution < -0.4 is 20.1 Å². The van der Waals surface area contributed by atoms with E-state index in [1.165, 1.54) is 11.1 Å². The quantitative estimate of drug-likeness (QED) is 0.827. The van der Waals surface area contributed by atoms with Crippen molar-refractivity contribution in [1.82, 2.24) is 5.32 Å². The van der Waals surface area contributed by atoms with Crippen LogP contribution in [0.4, 0.5) is 5.69 Å². The van der Waals surface area contributed by atoms with Gasteiger partial charge in [0.1, 0.15) is 0 Å². The molecular weight excluding hydrogens is 296 g/mol.